The standard InChI is InChI=1S/C20H25ClN4O2/c21-17-13-22-19(23-14-4-6-15(26)7-5-14)12-16(17)18-2-1-3-20(24-18)25-8-10-27-11-9-25/h1-3,12-15,26H,4-11H2,(H,22,23)/t14-,15-. The maximum absolute atomic E-state index is 9.67. The second kappa shape index (κ2) is 8.42. The monoisotopic (exact) mass is 388 g/mol. The van der Waals surface area contributed by atoms with Gasteiger partial charge in [-0.15, -0.1) is 0 Å². The molecule has 27 heavy (non-hydrogen) atoms. The number of nitrogens with zero attached hydrogens (tertiary/aromatic N) is 3. The van der Waals surface area contributed by atoms with Gasteiger partial charge in [-0.25, -0.2) is 9.97 Å². The van der Waals surface area contributed by atoms with Crippen molar-refractivity contribution in [2.75, 3.05) is 36.5 Å². The Bertz CT molecular complexity index is 774. The van der Waals surface area contributed by atoms with Crippen molar-refractivity contribution in [1.29, 1.82) is 0 Å². The van der Waals surface area contributed by atoms with E-state index in [4.69, 9.17) is 21.3 Å². The molecule has 2 aromatic heterocycles. The highest BCUT2D eigenvalue weighted by Crippen LogP contribution is 2.30. The van der Waals surface area contributed by atoms with Gasteiger partial charge in [0.05, 0.1) is 30.0 Å². The van der Waals surface area contributed by atoms with Crippen molar-refractivity contribution < 1.29 is 9.84 Å². The van der Waals surface area contributed by atoms with Crippen LogP contribution in [0.15, 0.2) is 30.5 Å². The van der Waals surface area contributed by atoms with Gasteiger partial charge in [-0.05, 0) is 43.9 Å². The Morgan fingerprint density at radius 3 is 2.70 bits per heavy atom. The number of anilines is 2. The van der Waals surface area contributed by atoms with Crippen LogP contribution in [-0.4, -0.2) is 53.5 Å². The van der Waals surface area contributed by atoms with Crippen LogP contribution in [0, 0.1) is 0 Å². The van der Waals surface area contributed by atoms with Crippen LogP contribution in [0.25, 0.3) is 11.3 Å². The summed E-state index contributed by atoms with van der Waals surface area (Å²) < 4.78 is 5.43. The van der Waals surface area contributed by atoms with Gasteiger partial charge >= 0.3 is 0 Å². The minimum absolute atomic E-state index is 0.163. The first-order valence-electron chi connectivity index (χ1n) is 9.59. The lowest BCUT2D eigenvalue weighted by molar-refractivity contribution is 0.122. The summed E-state index contributed by atoms with van der Waals surface area (Å²) >= 11 is 6.43. The fourth-order valence-corrected chi connectivity index (χ4v) is 3.89. The summed E-state index contributed by atoms with van der Waals surface area (Å²) in [6.45, 7) is 3.15. The fourth-order valence-electron chi connectivity index (χ4n) is 3.69. The second-order valence-corrected chi connectivity index (χ2v) is 7.59. The van der Waals surface area contributed by atoms with Gasteiger partial charge in [0.15, 0.2) is 0 Å². The molecule has 2 fully saturated rings. The number of rotatable bonds is 4. The van der Waals surface area contributed by atoms with E-state index in [0.717, 1.165) is 74.9 Å². The number of morpholine rings is 1. The minimum Gasteiger partial charge on any atom is -0.393 e. The molecular formula is C20H25ClN4O2. The van der Waals surface area contributed by atoms with Crippen molar-refractivity contribution in [3.05, 3.63) is 35.5 Å². The van der Waals surface area contributed by atoms with Gasteiger partial charge in [0, 0.05) is 30.9 Å². The summed E-state index contributed by atoms with van der Waals surface area (Å²) in [6, 6.07) is 8.32. The molecule has 0 radical (unpaired) electrons. The Hall–Kier alpha value is -1.89. The molecule has 0 amide bonds. The van der Waals surface area contributed by atoms with E-state index in [-0.39, 0.29) is 6.10 Å². The number of aliphatic hydroxyl groups is 1. The maximum atomic E-state index is 9.67. The lowest BCUT2D eigenvalue weighted by atomic mass is 9.93. The summed E-state index contributed by atoms with van der Waals surface area (Å²) in [4.78, 5) is 11.5. The number of pyridine rings is 2. The van der Waals surface area contributed by atoms with Crippen LogP contribution >= 0.6 is 11.6 Å². The molecule has 3 heterocycles. The van der Waals surface area contributed by atoms with Gasteiger partial charge in [-0.1, -0.05) is 17.7 Å². The first kappa shape index (κ1) is 18.5. The van der Waals surface area contributed by atoms with E-state index in [9.17, 15) is 5.11 Å². The Morgan fingerprint density at radius 1 is 1.15 bits per heavy atom. The Morgan fingerprint density at radius 2 is 1.93 bits per heavy atom. The predicted octanol–water partition coefficient (Wildman–Crippen LogP) is 3.35. The maximum Gasteiger partial charge on any atom is 0.129 e. The van der Waals surface area contributed by atoms with Crippen LogP contribution in [-0.2, 0) is 4.74 Å². The van der Waals surface area contributed by atoms with Gasteiger partial charge < -0.3 is 20.1 Å². The molecule has 1 aliphatic carbocycles. The third-order valence-corrected chi connectivity index (χ3v) is 5.55. The summed E-state index contributed by atoms with van der Waals surface area (Å²) in [7, 11) is 0. The minimum atomic E-state index is -0.163. The number of aromatic nitrogens is 2. The van der Waals surface area contributed by atoms with Crippen LogP contribution in [0.1, 0.15) is 25.7 Å². The largest absolute Gasteiger partial charge is 0.393 e. The third kappa shape index (κ3) is 4.51. The average Bonchev–Trinajstić information content (AvgIpc) is 2.72. The molecule has 1 saturated carbocycles. The van der Waals surface area contributed by atoms with Crippen LogP contribution in [0.2, 0.25) is 5.02 Å². The number of hydrogen-bond donors (Lipinski definition) is 2. The molecule has 144 valence electrons. The van der Waals surface area contributed by atoms with E-state index < -0.39 is 0 Å². The van der Waals surface area contributed by atoms with Gasteiger partial charge in [0.1, 0.15) is 11.6 Å². The van der Waals surface area contributed by atoms with E-state index in [1.54, 1.807) is 6.20 Å². The summed E-state index contributed by atoms with van der Waals surface area (Å²) in [6.07, 6.45) is 5.09. The Balaban J connectivity index is 1.54. The van der Waals surface area contributed by atoms with Gasteiger partial charge in [-0.2, -0.15) is 0 Å². The highest BCUT2D eigenvalue weighted by molar-refractivity contribution is 6.33. The van der Waals surface area contributed by atoms with Crippen molar-refractivity contribution >= 4 is 23.2 Å². The van der Waals surface area contributed by atoms with Gasteiger partial charge in [0.2, 0.25) is 0 Å². The molecule has 0 spiro atoms. The topological polar surface area (TPSA) is 70.5 Å². The Labute approximate surface area is 164 Å². The van der Waals surface area contributed by atoms with Crippen LogP contribution in [0.3, 0.4) is 0 Å². The molecule has 4 rings (SSSR count). The number of aliphatic hydroxyl groups excluding tert-OH is 1. The molecular weight excluding hydrogens is 364 g/mol. The van der Waals surface area contributed by atoms with Crippen molar-refractivity contribution in [3.63, 3.8) is 0 Å². The third-order valence-electron chi connectivity index (χ3n) is 5.25. The first-order chi connectivity index (χ1) is 13.2. The van der Waals surface area contributed by atoms with Gasteiger partial charge in [-0.3, -0.25) is 0 Å². The number of halogens is 1. The van der Waals surface area contributed by atoms with Crippen molar-refractivity contribution in [2.24, 2.45) is 0 Å². The molecule has 0 aromatic carbocycles. The fraction of sp³-hybridized carbons (Fsp3) is 0.500. The summed E-state index contributed by atoms with van der Waals surface area (Å²) in [5, 5.41) is 13.7. The van der Waals surface area contributed by atoms with Crippen molar-refractivity contribution in [2.45, 2.75) is 37.8 Å². The molecule has 2 aliphatic rings. The lowest BCUT2D eigenvalue weighted by Crippen LogP contribution is -2.36. The van der Waals surface area contributed by atoms with E-state index in [1.807, 2.05) is 24.3 Å². The molecule has 2 N–H and O–H groups in total. The second-order valence-electron chi connectivity index (χ2n) is 7.18. The van der Waals surface area contributed by atoms with Crippen molar-refractivity contribution in [1.82, 2.24) is 9.97 Å². The zero-order valence-corrected chi connectivity index (χ0v) is 16.0. The van der Waals surface area contributed by atoms with E-state index >= 15 is 0 Å². The lowest BCUT2D eigenvalue weighted by Gasteiger charge is -2.28. The molecule has 0 unspecified atom stereocenters. The first-order valence-corrected chi connectivity index (χ1v) is 9.97. The van der Waals surface area contributed by atoms with Crippen LogP contribution < -0.4 is 10.2 Å². The summed E-state index contributed by atoms with van der Waals surface area (Å²) in [5.41, 5.74) is 1.72. The number of ether oxygens (including phenoxy) is 1. The zero-order valence-electron chi connectivity index (χ0n) is 15.3. The molecule has 6 nitrogen and oxygen atoms in total. The molecule has 1 aliphatic heterocycles. The highest BCUT2D eigenvalue weighted by Gasteiger charge is 2.20. The molecule has 0 bridgehead atoms. The number of hydrogen-bond acceptors (Lipinski definition) is 6. The zero-order chi connectivity index (χ0) is 18.6. The smallest absolute Gasteiger partial charge is 0.129 e. The SMILES string of the molecule is O[C@H]1CC[C@H](Nc2cc(-c3cccc(N4CCOCC4)n3)c(Cl)cn2)CC1. The quantitative estimate of drug-likeness (QED) is 0.837. The van der Waals surface area contributed by atoms with Crippen molar-refractivity contribution in [3.8, 4) is 11.3 Å². The molecule has 7 heteroatoms. The van der Waals surface area contributed by atoms with Gasteiger partial charge in [0.25, 0.3) is 0 Å². The molecule has 0 atom stereocenters. The Kier molecular flexibility index (Phi) is 5.76. The van der Waals surface area contributed by atoms with E-state index in [2.05, 4.69) is 15.2 Å². The average molecular weight is 389 g/mol. The van der Waals surface area contributed by atoms with Crippen LogP contribution in [0.4, 0.5) is 11.6 Å². The molecule has 1 saturated heterocycles. The van der Waals surface area contributed by atoms with Crippen LogP contribution in [0.5, 0.6) is 0 Å². The van der Waals surface area contributed by atoms with E-state index in [0.29, 0.717) is 11.1 Å². The van der Waals surface area contributed by atoms with E-state index in [1.165, 1.54) is 0 Å². The predicted molar refractivity (Wildman–Crippen MR) is 107 cm³/mol. The number of nitrogens with one attached hydrogen (secondary N) is 1. The molecule has 2 aromatic rings. The summed E-state index contributed by atoms with van der Waals surface area (Å²) in [5.74, 6) is 1.74. The highest BCUT2D eigenvalue weighted by atomic mass is 35.5. The normalized spacial score (nSPS) is 23.3.